The molecule has 0 N–H and O–H groups in total. The summed E-state index contributed by atoms with van der Waals surface area (Å²) in [5.74, 6) is 1.96. The van der Waals surface area contributed by atoms with E-state index in [2.05, 4.69) is 0 Å². The molecule has 0 bridgehead atoms. The molecule has 0 saturated carbocycles. The summed E-state index contributed by atoms with van der Waals surface area (Å²) in [7, 11) is 3.54. The van der Waals surface area contributed by atoms with E-state index in [0.717, 1.165) is 11.5 Å². The van der Waals surface area contributed by atoms with Crippen LogP contribution in [0.5, 0.6) is 0 Å². The SMILES string of the molecule is CSCCSC(=O)N(C)C. The van der Waals surface area contributed by atoms with E-state index in [1.54, 1.807) is 30.8 Å². The Balaban J connectivity index is 3.22. The molecule has 0 aliphatic carbocycles. The molecule has 60 valence electrons. The Labute approximate surface area is 70.7 Å². The number of carbonyl (C=O) groups is 1. The van der Waals surface area contributed by atoms with E-state index in [1.807, 2.05) is 6.26 Å². The number of nitrogens with zero attached hydrogens (tertiary/aromatic N) is 1. The van der Waals surface area contributed by atoms with E-state index >= 15 is 0 Å². The first kappa shape index (κ1) is 10.2. The zero-order chi connectivity index (χ0) is 7.98. The number of thioether (sulfide) groups is 2. The minimum atomic E-state index is 0.147. The molecule has 2 nitrogen and oxygen atoms in total. The van der Waals surface area contributed by atoms with Crippen LogP contribution >= 0.6 is 23.5 Å². The van der Waals surface area contributed by atoms with E-state index < -0.39 is 0 Å². The fourth-order valence-corrected chi connectivity index (χ4v) is 1.77. The molecule has 0 radical (unpaired) electrons. The second-order valence-corrected chi connectivity index (χ2v) is 4.03. The van der Waals surface area contributed by atoms with Gasteiger partial charge in [-0.3, -0.25) is 4.79 Å². The van der Waals surface area contributed by atoms with Crippen molar-refractivity contribution in [2.24, 2.45) is 0 Å². The third-order valence-electron chi connectivity index (χ3n) is 0.878. The van der Waals surface area contributed by atoms with Gasteiger partial charge in [-0.25, -0.2) is 0 Å². The van der Waals surface area contributed by atoms with Gasteiger partial charge in [0.05, 0.1) is 0 Å². The number of hydrogen-bond acceptors (Lipinski definition) is 3. The van der Waals surface area contributed by atoms with Crippen molar-refractivity contribution in [2.45, 2.75) is 0 Å². The minimum absolute atomic E-state index is 0.147. The van der Waals surface area contributed by atoms with Crippen LogP contribution in [0, 0.1) is 0 Å². The lowest BCUT2D eigenvalue weighted by Gasteiger charge is -2.07. The first-order valence-corrected chi connectivity index (χ1v) is 5.39. The molecule has 0 spiro atoms. The molecule has 0 aliphatic rings. The van der Waals surface area contributed by atoms with Gasteiger partial charge in [0, 0.05) is 25.6 Å². The standard InChI is InChI=1S/C6H13NOS2/c1-7(2)6(8)10-5-4-9-3/h4-5H2,1-3H3. The first-order valence-electron chi connectivity index (χ1n) is 3.01. The van der Waals surface area contributed by atoms with Crippen LogP contribution in [0.4, 0.5) is 4.79 Å². The molecule has 4 heteroatoms. The van der Waals surface area contributed by atoms with E-state index in [-0.39, 0.29) is 5.24 Å². The minimum Gasteiger partial charge on any atom is -0.340 e. The molecule has 0 saturated heterocycles. The van der Waals surface area contributed by atoms with Crippen molar-refractivity contribution in [3.63, 3.8) is 0 Å². The smallest absolute Gasteiger partial charge is 0.281 e. The number of hydrogen-bond donors (Lipinski definition) is 0. The van der Waals surface area contributed by atoms with Crippen LogP contribution in [-0.4, -0.2) is 42.0 Å². The largest absolute Gasteiger partial charge is 0.340 e. The molecule has 0 atom stereocenters. The van der Waals surface area contributed by atoms with Crippen LogP contribution in [-0.2, 0) is 0 Å². The van der Waals surface area contributed by atoms with Gasteiger partial charge < -0.3 is 4.90 Å². The average Bonchev–Trinajstić information content (AvgIpc) is 1.88. The zero-order valence-electron chi connectivity index (χ0n) is 6.59. The highest BCUT2D eigenvalue weighted by atomic mass is 32.2. The van der Waals surface area contributed by atoms with Crippen molar-refractivity contribution in [2.75, 3.05) is 31.9 Å². The van der Waals surface area contributed by atoms with Gasteiger partial charge >= 0.3 is 0 Å². The fourth-order valence-electron chi connectivity index (χ4n) is 0.341. The van der Waals surface area contributed by atoms with Gasteiger partial charge in [0.1, 0.15) is 0 Å². The summed E-state index contributed by atoms with van der Waals surface area (Å²) in [5.41, 5.74) is 0. The van der Waals surface area contributed by atoms with E-state index in [9.17, 15) is 4.79 Å². The van der Waals surface area contributed by atoms with Gasteiger partial charge in [0.2, 0.25) is 0 Å². The average molecular weight is 179 g/mol. The molecule has 0 unspecified atom stereocenters. The topological polar surface area (TPSA) is 20.3 Å². The van der Waals surface area contributed by atoms with Gasteiger partial charge in [-0.15, -0.1) is 0 Å². The molecule has 0 aromatic carbocycles. The monoisotopic (exact) mass is 179 g/mol. The quantitative estimate of drug-likeness (QED) is 0.616. The lowest BCUT2D eigenvalue weighted by atomic mass is 10.9. The van der Waals surface area contributed by atoms with Crippen LogP contribution in [0.25, 0.3) is 0 Å². The molecule has 0 aromatic rings. The highest BCUT2D eigenvalue weighted by molar-refractivity contribution is 8.14. The van der Waals surface area contributed by atoms with Crippen LogP contribution in [0.3, 0.4) is 0 Å². The normalized spacial score (nSPS) is 9.50. The number of amides is 1. The van der Waals surface area contributed by atoms with E-state index in [1.165, 1.54) is 11.8 Å². The first-order chi connectivity index (χ1) is 4.68. The van der Waals surface area contributed by atoms with Crippen molar-refractivity contribution in [1.29, 1.82) is 0 Å². The lowest BCUT2D eigenvalue weighted by Crippen LogP contribution is -2.16. The Bertz CT molecular complexity index is 106. The maximum absolute atomic E-state index is 10.9. The molecule has 0 aliphatic heterocycles. The summed E-state index contributed by atoms with van der Waals surface area (Å²) in [4.78, 5) is 12.5. The highest BCUT2D eigenvalue weighted by Gasteiger charge is 2.02. The second kappa shape index (κ2) is 5.92. The summed E-state index contributed by atoms with van der Waals surface area (Å²) in [6.45, 7) is 0. The Morgan fingerprint density at radius 2 is 2.00 bits per heavy atom. The van der Waals surface area contributed by atoms with Gasteiger partial charge in [-0.05, 0) is 6.26 Å². The second-order valence-electron chi connectivity index (χ2n) is 2.00. The Morgan fingerprint density at radius 3 is 2.40 bits per heavy atom. The molecular weight excluding hydrogens is 166 g/mol. The molecule has 0 rings (SSSR count). The van der Waals surface area contributed by atoms with Gasteiger partial charge in [0.25, 0.3) is 5.24 Å². The highest BCUT2D eigenvalue weighted by Crippen LogP contribution is 2.07. The van der Waals surface area contributed by atoms with Crippen molar-refractivity contribution >= 4 is 28.8 Å². The molecular formula is C6H13NOS2. The molecule has 0 aromatic heterocycles. The Morgan fingerprint density at radius 1 is 1.40 bits per heavy atom. The summed E-state index contributed by atoms with van der Waals surface area (Å²) in [6, 6.07) is 0. The fraction of sp³-hybridized carbons (Fsp3) is 0.833. The van der Waals surface area contributed by atoms with Crippen LogP contribution in [0.1, 0.15) is 0 Å². The van der Waals surface area contributed by atoms with Crippen molar-refractivity contribution in [1.82, 2.24) is 4.90 Å². The number of rotatable bonds is 3. The van der Waals surface area contributed by atoms with Gasteiger partial charge in [-0.2, -0.15) is 11.8 Å². The third kappa shape index (κ3) is 4.99. The third-order valence-corrected chi connectivity index (χ3v) is 2.77. The summed E-state index contributed by atoms with van der Waals surface area (Å²) in [5, 5.41) is 0.147. The Hall–Kier alpha value is 0.170. The molecule has 0 heterocycles. The summed E-state index contributed by atoms with van der Waals surface area (Å²) >= 11 is 3.14. The maximum Gasteiger partial charge on any atom is 0.281 e. The maximum atomic E-state index is 10.9. The van der Waals surface area contributed by atoms with Crippen LogP contribution in [0.2, 0.25) is 0 Å². The predicted molar refractivity (Wildman–Crippen MR) is 49.9 cm³/mol. The van der Waals surface area contributed by atoms with Crippen molar-refractivity contribution in [3.05, 3.63) is 0 Å². The van der Waals surface area contributed by atoms with E-state index in [4.69, 9.17) is 0 Å². The van der Waals surface area contributed by atoms with E-state index in [0.29, 0.717) is 0 Å². The van der Waals surface area contributed by atoms with Crippen molar-refractivity contribution in [3.8, 4) is 0 Å². The van der Waals surface area contributed by atoms with Gasteiger partial charge in [-0.1, -0.05) is 11.8 Å². The Kier molecular flexibility index (Phi) is 6.02. The number of carbonyl (C=O) groups excluding carboxylic acids is 1. The van der Waals surface area contributed by atoms with Crippen LogP contribution < -0.4 is 0 Å². The molecule has 10 heavy (non-hydrogen) atoms. The van der Waals surface area contributed by atoms with Crippen molar-refractivity contribution < 1.29 is 4.79 Å². The molecule has 1 amide bonds. The molecule has 0 fully saturated rings. The predicted octanol–water partition coefficient (Wildman–Crippen LogP) is 1.76. The summed E-state index contributed by atoms with van der Waals surface area (Å²) < 4.78 is 0. The summed E-state index contributed by atoms with van der Waals surface area (Å²) in [6.07, 6.45) is 2.04. The lowest BCUT2D eigenvalue weighted by molar-refractivity contribution is 0.241. The zero-order valence-corrected chi connectivity index (χ0v) is 8.22. The van der Waals surface area contributed by atoms with Crippen LogP contribution in [0.15, 0.2) is 0 Å². The van der Waals surface area contributed by atoms with Gasteiger partial charge in [0.15, 0.2) is 0 Å².